The molecule has 0 fully saturated rings. The highest BCUT2D eigenvalue weighted by Gasteiger charge is 2.22. The van der Waals surface area contributed by atoms with Gasteiger partial charge in [-0.25, -0.2) is 4.79 Å². The van der Waals surface area contributed by atoms with Crippen molar-refractivity contribution in [2.24, 2.45) is 0 Å². The van der Waals surface area contributed by atoms with Crippen LogP contribution in [0.15, 0.2) is 81.8 Å². The predicted molar refractivity (Wildman–Crippen MR) is 150 cm³/mol. The number of hydrogen-bond donors (Lipinski definition) is 4. The van der Waals surface area contributed by atoms with Crippen LogP contribution in [0.3, 0.4) is 0 Å². The summed E-state index contributed by atoms with van der Waals surface area (Å²) in [5.74, 6) is -0.337. The van der Waals surface area contributed by atoms with Gasteiger partial charge < -0.3 is 20.9 Å². The van der Waals surface area contributed by atoms with E-state index in [2.05, 4.69) is 42.5 Å². The topological polar surface area (TPSA) is 137 Å². The lowest BCUT2D eigenvalue weighted by Crippen LogP contribution is -2.18. The second kappa shape index (κ2) is 13.5. The molecule has 190 valence electrons. The number of nitrogens with zero attached hydrogens (tertiary/aromatic N) is 1. The van der Waals surface area contributed by atoms with Crippen LogP contribution in [0.4, 0.5) is 21.9 Å². The number of carbonyl (C=O) groups is 2. The van der Waals surface area contributed by atoms with E-state index in [0.29, 0.717) is 56.4 Å². The monoisotopic (exact) mass is 626 g/mol. The van der Waals surface area contributed by atoms with Crippen LogP contribution in [0, 0.1) is 11.3 Å². The molecule has 0 heterocycles. The number of allylic oxidation sites excluding steroid dienone is 1. The molecule has 0 saturated carbocycles. The van der Waals surface area contributed by atoms with Crippen molar-refractivity contribution in [3.8, 4) is 11.8 Å². The first-order chi connectivity index (χ1) is 17.8. The van der Waals surface area contributed by atoms with Gasteiger partial charge in [0.15, 0.2) is 0 Å². The van der Waals surface area contributed by atoms with Gasteiger partial charge in [0.05, 0.1) is 27.5 Å². The van der Waals surface area contributed by atoms with E-state index in [1.807, 2.05) is 6.07 Å². The SMILES string of the molecule is N#Cc1ccc(NC(=O)O[C@@H](CCC/C=C/C(=O)Nc2ccccc2N)c2cc(Br)cc(Br)c2O)cc1. The summed E-state index contributed by atoms with van der Waals surface area (Å²) in [6.45, 7) is 0. The fraction of sp³-hybridized carbons (Fsp3) is 0.148. The van der Waals surface area contributed by atoms with Gasteiger partial charge in [-0.05, 0) is 89.8 Å². The number of aromatic hydroxyl groups is 1. The Labute approximate surface area is 231 Å². The van der Waals surface area contributed by atoms with Gasteiger partial charge in [0, 0.05) is 15.7 Å². The summed E-state index contributed by atoms with van der Waals surface area (Å²) in [6.07, 6.45) is 3.15. The molecular formula is C27H24Br2N4O4. The first-order valence-corrected chi connectivity index (χ1v) is 12.8. The number of halogens is 2. The van der Waals surface area contributed by atoms with Crippen LogP contribution in [0.5, 0.6) is 5.75 Å². The number of para-hydroxylation sites is 2. The molecule has 0 aliphatic carbocycles. The maximum Gasteiger partial charge on any atom is 0.412 e. The Bertz CT molecular complexity index is 1340. The third-order valence-electron chi connectivity index (χ3n) is 5.24. The summed E-state index contributed by atoms with van der Waals surface area (Å²) < 4.78 is 6.83. The van der Waals surface area contributed by atoms with Gasteiger partial charge >= 0.3 is 6.09 Å². The number of phenols is 1. The number of hydrogen-bond acceptors (Lipinski definition) is 6. The zero-order valence-corrected chi connectivity index (χ0v) is 22.8. The van der Waals surface area contributed by atoms with Gasteiger partial charge in [-0.3, -0.25) is 10.1 Å². The van der Waals surface area contributed by atoms with Crippen molar-refractivity contribution in [2.75, 3.05) is 16.4 Å². The summed E-state index contributed by atoms with van der Waals surface area (Å²) in [7, 11) is 0. The number of anilines is 3. The van der Waals surface area contributed by atoms with Gasteiger partial charge in [-0.1, -0.05) is 34.1 Å². The third-order valence-corrected chi connectivity index (χ3v) is 6.30. The van der Waals surface area contributed by atoms with Crippen molar-refractivity contribution in [3.05, 3.63) is 92.9 Å². The lowest BCUT2D eigenvalue weighted by Gasteiger charge is -2.20. The lowest BCUT2D eigenvalue weighted by atomic mass is 10.0. The minimum Gasteiger partial charge on any atom is -0.506 e. The van der Waals surface area contributed by atoms with Crippen molar-refractivity contribution >= 4 is 60.9 Å². The van der Waals surface area contributed by atoms with E-state index < -0.39 is 12.2 Å². The van der Waals surface area contributed by atoms with Crippen LogP contribution < -0.4 is 16.4 Å². The molecule has 0 unspecified atom stereocenters. The average molecular weight is 628 g/mol. The zero-order chi connectivity index (χ0) is 26.8. The van der Waals surface area contributed by atoms with Crippen LogP contribution in [0.25, 0.3) is 0 Å². The number of phenolic OH excluding ortho intramolecular Hbond substituents is 1. The second-order valence-corrected chi connectivity index (χ2v) is 9.71. The molecular weight excluding hydrogens is 604 g/mol. The van der Waals surface area contributed by atoms with Crippen molar-refractivity contribution in [2.45, 2.75) is 25.4 Å². The fourth-order valence-electron chi connectivity index (χ4n) is 3.41. The van der Waals surface area contributed by atoms with Crippen LogP contribution in [0.1, 0.15) is 36.5 Å². The minimum absolute atomic E-state index is 0.0326. The molecule has 0 aromatic heterocycles. The summed E-state index contributed by atoms with van der Waals surface area (Å²) in [5, 5.41) is 24.9. The molecule has 8 nitrogen and oxygen atoms in total. The summed E-state index contributed by atoms with van der Waals surface area (Å²) in [6, 6.07) is 18.7. The van der Waals surface area contributed by atoms with E-state index in [0.717, 1.165) is 0 Å². The van der Waals surface area contributed by atoms with E-state index in [9.17, 15) is 14.7 Å². The number of nitrogens with one attached hydrogen (secondary N) is 2. The van der Waals surface area contributed by atoms with Gasteiger partial charge in [0.1, 0.15) is 11.9 Å². The minimum atomic E-state index is -0.765. The number of nitrogens with two attached hydrogens (primary N) is 1. The van der Waals surface area contributed by atoms with Gasteiger partial charge in [0.25, 0.3) is 0 Å². The van der Waals surface area contributed by atoms with Crippen LogP contribution in [-0.4, -0.2) is 17.1 Å². The van der Waals surface area contributed by atoms with Crippen LogP contribution in [0.2, 0.25) is 0 Å². The fourth-order valence-corrected chi connectivity index (χ4v) is 4.67. The number of ether oxygens (including phenoxy) is 1. The summed E-state index contributed by atoms with van der Waals surface area (Å²) >= 11 is 6.72. The Morgan fingerprint density at radius 1 is 1.11 bits per heavy atom. The smallest absolute Gasteiger partial charge is 0.412 e. The van der Waals surface area contributed by atoms with Crippen molar-refractivity contribution < 1.29 is 19.4 Å². The lowest BCUT2D eigenvalue weighted by molar-refractivity contribution is -0.111. The van der Waals surface area contributed by atoms with E-state index in [4.69, 9.17) is 15.7 Å². The molecule has 37 heavy (non-hydrogen) atoms. The van der Waals surface area contributed by atoms with Crippen LogP contribution >= 0.6 is 31.9 Å². The zero-order valence-electron chi connectivity index (χ0n) is 19.6. The number of nitriles is 1. The number of unbranched alkanes of at least 4 members (excludes halogenated alkanes) is 1. The third kappa shape index (κ3) is 8.37. The van der Waals surface area contributed by atoms with Gasteiger partial charge in [0.2, 0.25) is 5.91 Å². The highest BCUT2D eigenvalue weighted by molar-refractivity contribution is 9.11. The predicted octanol–water partition coefficient (Wildman–Crippen LogP) is 7.03. The molecule has 1 atom stereocenters. The number of carbonyl (C=O) groups excluding carboxylic acids is 2. The highest BCUT2D eigenvalue weighted by Crippen LogP contribution is 2.38. The molecule has 3 aromatic carbocycles. The van der Waals surface area contributed by atoms with E-state index in [1.54, 1.807) is 66.7 Å². The highest BCUT2D eigenvalue weighted by atomic mass is 79.9. The maximum absolute atomic E-state index is 12.6. The molecule has 3 rings (SSSR count). The molecule has 0 aliphatic rings. The molecule has 0 aliphatic heterocycles. The summed E-state index contributed by atoms with van der Waals surface area (Å²) in [4.78, 5) is 24.8. The molecule has 10 heteroatoms. The Hall–Kier alpha value is -3.81. The molecule has 3 aromatic rings. The van der Waals surface area contributed by atoms with E-state index in [1.165, 1.54) is 6.08 Å². The molecule has 5 N–H and O–H groups in total. The first-order valence-electron chi connectivity index (χ1n) is 11.2. The molecule has 0 spiro atoms. The van der Waals surface area contributed by atoms with Crippen molar-refractivity contribution in [1.82, 2.24) is 0 Å². The Balaban J connectivity index is 1.63. The maximum atomic E-state index is 12.6. The first kappa shape index (κ1) is 27.8. The average Bonchev–Trinajstić information content (AvgIpc) is 2.87. The largest absolute Gasteiger partial charge is 0.506 e. The standard InChI is InChI=1S/C27H24Br2N4O4/c28-18-14-20(26(35)21(29)15-18)24(37-27(36)32-19-12-10-17(16-30)11-13-19)8-2-1-3-9-25(34)33-23-7-5-4-6-22(23)31/h3-7,9-15,24,35H,1-2,8,31H2,(H,32,36)(H,33,34)/b9-3+/t24-/m0/s1. The molecule has 0 saturated heterocycles. The van der Waals surface area contributed by atoms with Crippen LogP contribution in [-0.2, 0) is 9.53 Å². The number of nitrogen functional groups attached to an aromatic ring is 1. The molecule has 0 bridgehead atoms. The van der Waals surface area contributed by atoms with E-state index >= 15 is 0 Å². The molecule has 2 amide bonds. The quantitative estimate of drug-likeness (QED) is 0.114. The van der Waals surface area contributed by atoms with Gasteiger partial charge in [-0.2, -0.15) is 5.26 Å². The van der Waals surface area contributed by atoms with Gasteiger partial charge in [-0.15, -0.1) is 0 Å². The van der Waals surface area contributed by atoms with Crippen molar-refractivity contribution in [1.29, 1.82) is 5.26 Å². The normalized spacial score (nSPS) is 11.5. The Kier molecular flexibility index (Phi) is 10.1. The number of benzene rings is 3. The van der Waals surface area contributed by atoms with E-state index in [-0.39, 0.29) is 11.7 Å². The Morgan fingerprint density at radius 2 is 1.84 bits per heavy atom. The Morgan fingerprint density at radius 3 is 2.54 bits per heavy atom. The summed E-state index contributed by atoms with van der Waals surface area (Å²) in [5.41, 5.74) is 8.22. The molecule has 0 radical (unpaired) electrons. The number of amides is 2. The van der Waals surface area contributed by atoms with Crippen molar-refractivity contribution in [3.63, 3.8) is 0 Å². The number of rotatable bonds is 9. The second-order valence-electron chi connectivity index (χ2n) is 7.94.